The topological polar surface area (TPSA) is 89.8 Å². The lowest BCUT2D eigenvalue weighted by Crippen LogP contribution is -2.31. The molecule has 0 radical (unpaired) electrons. The lowest BCUT2D eigenvalue weighted by Gasteiger charge is -2.28. The minimum absolute atomic E-state index is 0.166. The number of nitrogens with zero attached hydrogens (tertiary/aromatic N) is 4. The van der Waals surface area contributed by atoms with Gasteiger partial charge in [-0.1, -0.05) is 72.8 Å². The molecule has 0 bridgehead atoms. The lowest BCUT2D eigenvalue weighted by molar-refractivity contribution is 0.103. The van der Waals surface area contributed by atoms with E-state index in [9.17, 15) is 10.2 Å². The summed E-state index contributed by atoms with van der Waals surface area (Å²) in [7, 11) is 0. The number of carbonyl (C=O) groups is 1. The highest BCUT2D eigenvalue weighted by molar-refractivity contribution is 6.13. The second-order valence-corrected chi connectivity index (χ2v) is 19.6. The molecule has 4 aromatic carbocycles. The first-order chi connectivity index (χ1) is 30.2. The van der Waals surface area contributed by atoms with Gasteiger partial charge < -0.3 is 20.0 Å². The number of aliphatic hydroxyl groups excluding tert-OH is 2. The van der Waals surface area contributed by atoms with Gasteiger partial charge in [-0.3, -0.25) is 4.79 Å². The molecule has 4 fully saturated rings. The molecule has 62 heavy (non-hydrogen) atoms. The van der Waals surface area contributed by atoms with Gasteiger partial charge in [0.1, 0.15) is 11.4 Å². The highest BCUT2D eigenvalue weighted by atomic mass is 16.3. The minimum Gasteiger partial charge on any atom is -0.388 e. The molecular formula is C55H54N4O3. The number of hydrogen-bond donors (Lipinski definition) is 2. The predicted octanol–water partition coefficient (Wildman–Crippen LogP) is 10.6. The quantitative estimate of drug-likeness (QED) is 0.148. The highest BCUT2D eigenvalue weighted by Crippen LogP contribution is 2.55. The van der Waals surface area contributed by atoms with Crippen LogP contribution in [-0.2, 0) is 10.8 Å². The van der Waals surface area contributed by atoms with Crippen molar-refractivity contribution in [3.05, 3.63) is 165 Å². The smallest absolute Gasteiger partial charge is 0.233 e. The van der Waals surface area contributed by atoms with Crippen LogP contribution in [0.1, 0.15) is 136 Å². The van der Waals surface area contributed by atoms with E-state index in [0.29, 0.717) is 49.2 Å². The van der Waals surface area contributed by atoms with Crippen molar-refractivity contribution in [2.75, 3.05) is 36.0 Å². The van der Waals surface area contributed by atoms with Crippen molar-refractivity contribution >= 4 is 17.2 Å². The van der Waals surface area contributed by atoms with Crippen molar-refractivity contribution in [1.82, 2.24) is 9.97 Å². The Hall–Kier alpha value is -5.63. The SMILES string of the molecule is Cc1ccc(N2CCC3(CC(O)c4cc(-c5ccccc5C5CC5)ccc43)C2)c(C(=O)c2nc(C)ccc2N2CCC3(CC(O)c4cc(-c5ccccc5C5CC5)ccc43)C2)n1. The van der Waals surface area contributed by atoms with Gasteiger partial charge in [-0.05, 0) is 169 Å². The molecule has 2 saturated heterocycles. The number of carbonyl (C=O) groups excluding carboxylic acids is 1. The van der Waals surface area contributed by atoms with Gasteiger partial charge in [0.05, 0.1) is 23.6 Å². The lowest BCUT2D eigenvalue weighted by atomic mass is 9.80. The third kappa shape index (κ3) is 6.17. The Morgan fingerprint density at radius 2 is 1.00 bits per heavy atom. The van der Waals surface area contributed by atoms with Crippen molar-refractivity contribution in [1.29, 1.82) is 0 Å². The van der Waals surface area contributed by atoms with Gasteiger partial charge in [0.15, 0.2) is 0 Å². The van der Waals surface area contributed by atoms with Crippen molar-refractivity contribution in [3.63, 3.8) is 0 Å². The van der Waals surface area contributed by atoms with Crippen LogP contribution in [0, 0.1) is 13.8 Å². The molecule has 6 aliphatic rings. The Morgan fingerprint density at radius 3 is 1.44 bits per heavy atom. The Morgan fingerprint density at radius 1 is 0.565 bits per heavy atom. The molecule has 4 atom stereocenters. The summed E-state index contributed by atoms with van der Waals surface area (Å²) in [5, 5.41) is 23.3. The second-order valence-electron chi connectivity index (χ2n) is 19.6. The molecule has 7 nitrogen and oxygen atoms in total. The molecule has 312 valence electrons. The zero-order chi connectivity index (χ0) is 41.9. The van der Waals surface area contributed by atoms with Gasteiger partial charge in [-0.25, -0.2) is 9.97 Å². The average Bonchev–Trinajstić information content (AvgIpc) is 4.21. The standard InChI is InChI=1S/C55H54N4O3/c1-33-11-21-47(58-25-23-54(31-58)29-49(60)43-27-37(17-19-45(43)54)41-9-5-3-7-39(41)35-13-14-35)51(56-33)53(62)52-48(22-12-34(2)57-52)59-26-24-55(32-59)30-50(61)44-28-38(18-20-46(44)55)42-10-6-4-8-40(42)36-15-16-36/h3-12,17-22,27-28,35-36,49-50,60-61H,13-16,23-26,29-32H2,1-2H3. The van der Waals surface area contributed by atoms with E-state index >= 15 is 4.79 Å². The van der Waals surface area contributed by atoms with Gasteiger partial charge in [0.25, 0.3) is 0 Å². The third-order valence-electron chi connectivity index (χ3n) is 15.6. The van der Waals surface area contributed by atoms with Crippen LogP contribution in [0.25, 0.3) is 22.3 Å². The van der Waals surface area contributed by atoms with Crippen LogP contribution in [0.15, 0.2) is 109 Å². The number of aryl methyl sites for hydroxylation is 2. The van der Waals surface area contributed by atoms with Gasteiger partial charge in [-0.15, -0.1) is 0 Å². The van der Waals surface area contributed by atoms with E-state index in [4.69, 9.17) is 9.97 Å². The van der Waals surface area contributed by atoms with Crippen molar-refractivity contribution in [3.8, 4) is 22.3 Å². The van der Waals surface area contributed by atoms with Crippen LogP contribution < -0.4 is 9.80 Å². The van der Waals surface area contributed by atoms with E-state index in [0.717, 1.165) is 59.8 Å². The Bertz CT molecular complexity index is 2620. The number of rotatable bonds is 8. The van der Waals surface area contributed by atoms with Gasteiger partial charge >= 0.3 is 0 Å². The predicted molar refractivity (Wildman–Crippen MR) is 245 cm³/mol. The molecule has 4 aliphatic carbocycles. The number of fused-ring (bicyclic) bond motifs is 4. The summed E-state index contributed by atoms with van der Waals surface area (Å²) < 4.78 is 0. The maximum absolute atomic E-state index is 15.1. The Labute approximate surface area is 364 Å². The van der Waals surface area contributed by atoms with Crippen molar-refractivity contribution < 1.29 is 15.0 Å². The molecule has 12 rings (SSSR count). The fourth-order valence-electron chi connectivity index (χ4n) is 12.2. The van der Waals surface area contributed by atoms with Gasteiger partial charge in [0, 0.05) is 48.4 Å². The van der Waals surface area contributed by atoms with E-state index < -0.39 is 12.2 Å². The third-order valence-corrected chi connectivity index (χ3v) is 15.6. The molecule has 4 unspecified atom stereocenters. The van der Waals surface area contributed by atoms with Crippen LogP contribution in [0.4, 0.5) is 11.4 Å². The summed E-state index contributed by atoms with van der Waals surface area (Å²) in [6, 6.07) is 39.2. The molecule has 7 heteroatoms. The summed E-state index contributed by atoms with van der Waals surface area (Å²) in [6.07, 6.45) is 7.06. The largest absolute Gasteiger partial charge is 0.388 e. The number of ketones is 1. The van der Waals surface area contributed by atoms with Gasteiger partial charge in [0.2, 0.25) is 5.78 Å². The highest BCUT2D eigenvalue weighted by Gasteiger charge is 2.50. The second kappa shape index (κ2) is 14.2. The van der Waals surface area contributed by atoms with E-state index in [1.165, 1.54) is 70.2 Å². The van der Waals surface area contributed by atoms with Crippen LogP contribution in [-0.4, -0.2) is 52.1 Å². The number of hydrogen-bond acceptors (Lipinski definition) is 7. The van der Waals surface area contributed by atoms with Crippen LogP contribution in [0.2, 0.25) is 0 Å². The molecule has 6 aromatic rings. The van der Waals surface area contributed by atoms with Crippen LogP contribution >= 0.6 is 0 Å². The zero-order valence-electron chi connectivity index (χ0n) is 35.8. The van der Waals surface area contributed by atoms with E-state index in [2.05, 4.69) is 107 Å². The minimum atomic E-state index is -0.530. The number of benzene rings is 4. The number of aliphatic hydroxyl groups is 2. The summed E-state index contributed by atoms with van der Waals surface area (Å²) in [4.78, 5) is 29.7. The molecule has 2 saturated carbocycles. The van der Waals surface area contributed by atoms with Gasteiger partial charge in [-0.2, -0.15) is 0 Å². The summed E-state index contributed by atoms with van der Waals surface area (Å²) in [5.41, 5.74) is 16.0. The first-order valence-electron chi connectivity index (χ1n) is 23.0. The first-order valence-corrected chi connectivity index (χ1v) is 23.0. The number of pyridine rings is 2. The Kier molecular flexibility index (Phi) is 8.72. The van der Waals surface area contributed by atoms with Crippen LogP contribution in [0.5, 0.6) is 0 Å². The molecule has 0 amide bonds. The number of anilines is 2. The maximum atomic E-state index is 15.1. The maximum Gasteiger partial charge on any atom is 0.233 e. The molecular weight excluding hydrogens is 765 g/mol. The van der Waals surface area contributed by atoms with Crippen LogP contribution in [0.3, 0.4) is 0 Å². The van der Waals surface area contributed by atoms with Crippen molar-refractivity contribution in [2.24, 2.45) is 0 Å². The Balaban J connectivity index is 0.831. The van der Waals surface area contributed by atoms with E-state index in [1.54, 1.807) is 0 Å². The molecule has 2 N–H and O–H groups in total. The zero-order valence-corrected chi connectivity index (χ0v) is 35.8. The molecule has 2 aromatic heterocycles. The molecule has 2 spiro atoms. The fourth-order valence-corrected chi connectivity index (χ4v) is 12.2. The van der Waals surface area contributed by atoms with Crippen molar-refractivity contribution in [2.45, 2.75) is 100 Å². The first kappa shape index (κ1) is 38.1. The normalized spacial score (nSPS) is 25.0. The average molecular weight is 819 g/mol. The monoisotopic (exact) mass is 818 g/mol. The number of aromatic nitrogens is 2. The summed E-state index contributed by atoms with van der Waals surface area (Å²) >= 11 is 0. The summed E-state index contributed by atoms with van der Waals surface area (Å²) in [6.45, 7) is 6.84. The molecule has 2 aliphatic heterocycles. The molecule has 4 heterocycles. The fraction of sp³-hybridized carbons (Fsp3) is 0.364. The summed E-state index contributed by atoms with van der Waals surface area (Å²) in [5.74, 6) is 1.12. The van der Waals surface area contributed by atoms with E-state index in [-0.39, 0.29) is 16.6 Å². The van der Waals surface area contributed by atoms with E-state index in [1.807, 2.05) is 26.0 Å².